The molecule has 0 amide bonds. The number of hydrogen-bond donors (Lipinski definition) is 0. The van der Waals surface area contributed by atoms with Crippen LogP contribution in [0, 0.1) is 0 Å². The fourth-order valence-electron chi connectivity index (χ4n) is 2.36. The summed E-state index contributed by atoms with van der Waals surface area (Å²) < 4.78 is 21.7. The van der Waals surface area contributed by atoms with Gasteiger partial charge >= 0.3 is 0 Å². The van der Waals surface area contributed by atoms with Gasteiger partial charge in [0.25, 0.3) is 0 Å². The molecule has 2 aromatic carbocycles. The van der Waals surface area contributed by atoms with Gasteiger partial charge in [-0.1, -0.05) is 19.1 Å². The maximum atomic E-state index is 12.9. The van der Waals surface area contributed by atoms with Gasteiger partial charge in [0, 0.05) is 12.1 Å². The molecule has 0 N–H and O–H groups in total. The summed E-state index contributed by atoms with van der Waals surface area (Å²) in [7, 11) is 4.55. The maximum Gasteiger partial charge on any atom is 0.193 e. The van der Waals surface area contributed by atoms with E-state index in [4.69, 9.17) is 18.9 Å². The fraction of sp³-hybridized carbons (Fsp3) is 0.350. The van der Waals surface area contributed by atoms with Crippen LogP contribution in [0.15, 0.2) is 36.4 Å². The minimum absolute atomic E-state index is 0.0508. The Morgan fingerprint density at radius 1 is 0.962 bits per heavy atom. The Hall–Kier alpha value is -2.26. The van der Waals surface area contributed by atoms with Crippen molar-refractivity contribution in [3.63, 3.8) is 0 Å². The summed E-state index contributed by atoms with van der Waals surface area (Å²) in [5.74, 6) is 2.26. The summed E-state index contributed by atoms with van der Waals surface area (Å²) in [5.41, 5.74) is 0.367. The van der Waals surface area contributed by atoms with Crippen molar-refractivity contribution in [1.82, 2.24) is 0 Å². The number of carbonyl (C=O) groups is 1. The van der Waals surface area contributed by atoms with E-state index in [1.165, 1.54) is 14.2 Å². The fourth-order valence-corrected chi connectivity index (χ4v) is 3.32. The average Bonchev–Trinajstić information content (AvgIpc) is 2.67. The quantitative estimate of drug-likeness (QED) is 0.619. The number of methoxy groups -OCH3 is 3. The van der Waals surface area contributed by atoms with Crippen LogP contribution >= 0.6 is 8.58 Å². The van der Waals surface area contributed by atoms with Crippen molar-refractivity contribution in [3.05, 3.63) is 42.0 Å². The van der Waals surface area contributed by atoms with Crippen LogP contribution in [0.5, 0.6) is 23.0 Å². The third-order valence-electron chi connectivity index (χ3n) is 3.97. The van der Waals surface area contributed by atoms with Crippen LogP contribution in [0.1, 0.15) is 30.6 Å². The van der Waals surface area contributed by atoms with E-state index >= 15 is 0 Å². The lowest BCUT2D eigenvalue weighted by atomic mass is 10.2. The standard InChI is InChI=1S/C20H25O5P/c1-6-13(2)25-14-7-9-16(10-8-14)26-20(21)19-17(23-4)11-15(22-3)12-18(19)24-5/h7-13,26H,6H2,1-5H3. The lowest BCUT2D eigenvalue weighted by molar-refractivity contribution is 0.108. The SMILES string of the molecule is CCC(C)Oc1ccc(PC(=O)c2c(OC)cc(OC)cc2OC)cc1. The van der Waals surface area contributed by atoms with Crippen molar-refractivity contribution < 1.29 is 23.7 Å². The van der Waals surface area contributed by atoms with Gasteiger partial charge in [0.2, 0.25) is 0 Å². The minimum Gasteiger partial charge on any atom is -0.496 e. The number of ether oxygens (including phenoxy) is 4. The van der Waals surface area contributed by atoms with Crippen molar-refractivity contribution in [2.24, 2.45) is 0 Å². The Kier molecular flexibility index (Phi) is 7.28. The van der Waals surface area contributed by atoms with Gasteiger partial charge in [0.1, 0.15) is 28.6 Å². The Labute approximate surface area is 156 Å². The molecule has 26 heavy (non-hydrogen) atoms. The van der Waals surface area contributed by atoms with Gasteiger partial charge in [-0.2, -0.15) is 0 Å². The highest BCUT2D eigenvalue weighted by molar-refractivity contribution is 7.66. The molecule has 0 bridgehead atoms. The number of rotatable bonds is 9. The topological polar surface area (TPSA) is 54.0 Å². The molecular weight excluding hydrogens is 351 g/mol. The first-order valence-corrected chi connectivity index (χ1v) is 9.40. The molecule has 0 aliphatic heterocycles. The van der Waals surface area contributed by atoms with Crippen molar-refractivity contribution >= 4 is 19.4 Å². The summed E-state index contributed by atoms with van der Waals surface area (Å²) >= 11 is 0. The van der Waals surface area contributed by atoms with Crippen LogP contribution in [0.25, 0.3) is 0 Å². The molecule has 6 heteroatoms. The van der Waals surface area contributed by atoms with Crippen LogP contribution < -0.4 is 24.3 Å². The molecule has 2 unspecified atom stereocenters. The van der Waals surface area contributed by atoms with Gasteiger partial charge in [0.05, 0.1) is 27.4 Å². The summed E-state index contributed by atoms with van der Waals surface area (Å²) in [6, 6.07) is 11.0. The first kappa shape index (κ1) is 20.1. The number of carbonyl (C=O) groups excluding carboxylic acids is 1. The number of benzene rings is 2. The van der Waals surface area contributed by atoms with Crippen molar-refractivity contribution in [3.8, 4) is 23.0 Å². The van der Waals surface area contributed by atoms with Gasteiger partial charge in [-0.25, -0.2) is 0 Å². The Morgan fingerprint density at radius 3 is 2.00 bits per heavy atom. The molecule has 0 saturated carbocycles. The summed E-state index contributed by atoms with van der Waals surface area (Å²) in [4.78, 5) is 12.9. The molecule has 0 saturated heterocycles. The molecular formula is C20H25O5P. The van der Waals surface area contributed by atoms with Gasteiger partial charge in [-0.3, -0.25) is 4.79 Å². The predicted octanol–water partition coefficient (Wildman–Crippen LogP) is 4.03. The normalized spacial score (nSPS) is 12.0. The lowest BCUT2D eigenvalue weighted by Crippen LogP contribution is -2.10. The Balaban J connectivity index is 2.22. The van der Waals surface area contributed by atoms with Crippen molar-refractivity contribution in [2.75, 3.05) is 21.3 Å². The molecule has 2 rings (SSSR count). The van der Waals surface area contributed by atoms with Gasteiger partial charge in [-0.05, 0) is 39.4 Å². The van der Waals surface area contributed by atoms with Crippen LogP contribution in [0.3, 0.4) is 0 Å². The minimum atomic E-state index is -0.0584. The summed E-state index contributed by atoms with van der Waals surface area (Å²) in [6.07, 6.45) is 1.11. The van der Waals surface area contributed by atoms with E-state index in [-0.39, 0.29) is 20.2 Å². The van der Waals surface area contributed by atoms with Gasteiger partial charge in [-0.15, -0.1) is 0 Å². The Bertz CT molecular complexity index is 717. The van der Waals surface area contributed by atoms with Crippen LogP contribution in [-0.2, 0) is 0 Å². The van der Waals surface area contributed by atoms with Crippen molar-refractivity contribution in [1.29, 1.82) is 0 Å². The predicted molar refractivity (Wildman–Crippen MR) is 105 cm³/mol. The third kappa shape index (κ3) is 4.89. The average molecular weight is 376 g/mol. The highest BCUT2D eigenvalue weighted by Gasteiger charge is 2.20. The van der Waals surface area contributed by atoms with E-state index in [1.807, 2.05) is 31.2 Å². The second-order valence-electron chi connectivity index (χ2n) is 5.72. The molecule has 0 spiro atoms. The zero-order valence-electron chi connectivity index (χ0n) is 15.8. The highest BCUT2D eigenvalue weighted by Crippen LogP contribution is 2.37. The van der Waals surface area contributed by atoms with E-state index in [1.54, 1.807) is 19.2 Å². The molecule has 2 atom stereocenters. The third-order valence-corrected chi connectivity index (χ3v) is 5.07. The zero-order valence-corrected chi connectivity index (χ0v) is 16.8. The summed E-state index contributed by atoms with van der Waals surface area (Å²) in [6.45, 7) is 4.11. The molecule has 0 aliphatic rings. The molecule has 0 heterocycles. The molecule has 0 fully saturated rings. The highest BCUT2D eigenvalue weighted by atomic mass is 31.1. The van der Waals surface area contributed by atoms with Gasteiger partial charge in [0.15, 0.2) is 5.52 Å². The van der Waals surface area contributed by atoms with Crippen LogP contribution in [-0.4, -0.2) is 33.0 Å². The number of hydrogen-bond acceptors (Lipinski definition) is 5. The Morgan fingerprint density at radius 2 is 1.54 bits per heavy atom. The van der Waals surface area contributed by atoms with E-state index in [9.17, 15) is 4.79 Å². The molecule has 0 radical (unpaired) electrons. The van der Waals surface area contributed by atoms with E-state index < -0.39 is 0 Å². The first-order valence-electron chi connectivity index (χ1n) is 8.40. The second kappa shape index (κ2) is 9.44. The van der Waals surface area contributed by atoms with Crippen molar-refractivity contribution in [2.45, 2.75) is 26.4 Å². The van der Waals surface area contributed by atoms with Crippen LogP contribution in [0.4, 0.5) is 0 Å². The smallest absolute Gasteiger partial charge is 0.193 e. The first-order chi connectivity index (χ1) is 12.5. The van der Waals surface area contributed by atoms with Crippen LogP contribution in [0.2, 0.25) is 0 Å². The van der Waals surface area contributed by atoms with E-state index in [0.717, 1.165) is 17.5 Å². The zero-order chi connectivity index (χ0) is 19.1. The van der Waals surface area contributed by atoms with E-state index in [0.29, 0.717) is 22.8 Å². The second-order valence-corrected chi connectivity index (χ2v) is 7.00. The molecule has 5 nitrogen and oxygen atoms in total. The monoisotopic (exact) mass is 376 g/mol. The largest absolute Gasteiger partial charge is 0.496 e. The molecule has 0 aliphatic carbocycles. The van der Waals surface area contributed by atoms with E-state index in [2.05, 4.69) is 6.92 Å². The molecule has 0 aromatic heterocycles. The maximum absolute atomic E-state index is 12.9. The molecule has 140 valence electrons. The van der Waals surface area contributed by atoms with Gasteiger partial charge < -0.3 is 18.9 Å². The lowest BCUT2D eigenvalue weighted by Gasteiger charge is -2.15. The summed E-state index contributed by atoms with van der Waals surface area (Å²) in [5, 5.41) is 0.923. The molecule has 2 aromatic rings.